The van der Waals surface area contributed by atoms with E-state index in [1.807, 2.05) is 4.98 Å². The largest absolute Gasteiger partial charge is 0.480 e. The van der Waals surface area contributed by atoms with Gasteiger partial charge in [0.1, 0.15) is 12.6 Å². The number of amides is 1. The highest BCUT2D eigenvalue weighted by molar-refractivity contribution is 5.83. The molecule has 8 heteroatoms. The predicted octanol–water partition coefficient (Wildman–Crippen LogP) is -0.998. The number of carboxylic acid groups (broad SMARTS) is 1. The maximum atomic E-state index is 12.1. The van der Waals surface area contributed by atoms with Crippen molar-refractivity contribution in [3.63, 3.8) is 0 Å². The number of likely N-dealkylation sites (tertiary alicyclic amines) is 1. The van der Waals surface area contributed by atoms with Crippen LogP contribution in [0.5, 0.6) is 0 Å². The molecule has 0 radical (unpaired) electrons. The maximum absolute atomic E-state index is 12.1. The van der Waals surface area contributed by atoms with Crippen LogP contribution in [0.1, 0.15) is 19.3 Å². The van der Waals surface area contributed by atoms with Crippen LogP contribution in [-0.2, 0) is 16.1 Å². The van der Waals surface area contributed by atoms with E-state index in [0.29, 0.717) is 13.0 Å². The van der Waals surface area contributed by atoms with Crippen molar-refractivity contribution in [3.05, 3.63) is 33.1 Å². The minimum Gasteiger partial charge on any atom is -0.480 e. The number of piperidine rings is 1. The number of rotatable bonds is 3. The summed E-state index contributed by atoms with van der Waals surface area (Å²) >= 11 is 0. The lowest BCUT2D eigenvalue weighted by Gasteiger charge is -2.33. The summed E-state index contributed by atoms with van der Waals surface area (Å²) in [5.41, 5.74) is -1.23. The van der Waals surface area contributed by atoms with E-state index in [0.717, 1.165) is 23.5 Å². The lowest BCUT2D eigenvalue weighted by Crippen LogP contribution is -2.49. The van der Waals surface area contributed by atoms with Gasteiger partial charge in [-0.1, -0.05) is 0 Å². The first-order valence-corrected chi connectivity index (χ1v) is 6.31. The zero-order chi connectivity index (χ0) is 14.7. The van der Waals surface area contributed by atoms with Crippen LogP contribution >= 0.6 is 0 Å². The molecule has 8 nitrogen and oxygen atoms in total. The van der Waals surface area contributed by atoms with Crippen LogP contribution in [0.25, 0.3) is 0 Å². The van der Waals surface area contributed by atoms with Gasteiger partial charge in [0.05, 0.1) is 0 Å². The summed E-state index contributed by atoms with van der Waals surface area (Å²) in [4.78, 5) is 49.0. The monoisotopic (exact) mass is 281 g/mol. The van der Waals surface area contributed by atoms with E-state index in [-0.39, 0.29) is 6.54 Å². The van der Waals surface area contributed by atoms with Gasteiger partial charge in [0.25, 0.3) is 5.56 Å². The summed E-state index contributed by atoms with van der Waals surface area (Å²) in [6.45, 7) is 0.0906. The van der Waals surface area contributed by atoms with E-state index < -0.39 is 29.2 Å². The summed E-state index contributed by atoms with van der Waals surface area (Å²) in [7, 11) is 0. The zero-order valence-electron chi connectivity index (χ0n) is 10.7. The molecule has 1 saturated heterocycles. The summed E-state index contributed by atoms with van der Waals surface area (Å²) in [5, 5.41) is 9.10. The Bertz CT molecular complexity index is 632. The first-order chi connectivity index (χ1) is 9.49. The van der Waals surface area contributed by atoms with Crippen molar-refractivity contribution in [1.29, 1.82) is 0 Å². The van der Waals surface area contributed by atoms with E-state index in [9.17, 15) is 19.2 Å². The van der Waals surface area contributed by atoms with Crippen molar-refractivity contribution < 1.29 is 14.7 Å². The van der Waals surface area contributed by atoms with Crippen LogP contribution in [-0.4, -0.2) is 44.0 Å². The molecule has 0 saturated carbocycles. The number of H-pyrrole nitrogens is 1. The Kier molecular flexibility index (Phi) is 4.02. The lowest BCUT2D eigenvalue weighted by molar-refractivity contribution is -0.152. The Morgan fingerprint density at radius 1 is 1.35 bits per heavy atom. The minimum absolute atomic E-state index is 0.278. The molecule has 1 atom stereocenters. The highest BCUT2D eigenvalue weighted by Crippen LogP contribution is 2.17. The Labute approximate surface area is 113 Å². The van der Waals surface area contributed by atoms with Crippen LogP contribution in [0.2, 0.25) is 0 Å². The van der Waals surface area contributed by atoms with Crippen molar-refractivity contribution in [2.75, 3.05) is 6.54 Å². The van der Waals surface area contributed by atoms with E-state index >= 15 is 0 Å². The van der Waals surface area contributed by atoms with Gasteiger partial charge in [-0.05, 0) is 19.3 Å². The van der Waals surface area contributed by atoms with Gasteiger partial charge in [0.15, 0.2) is 0 Å². The van der Waals surface area contributed by atoms with Gasteiger partial charge in [-0.25, -0.2) is 9.59 Å². The topological polar surface area (TPSA) is 112 Å². The number of carbonyl (C=O) groups is 2. The second kappa shape index (κ2) is 5.72. The summed E-state index contributed by atoms with van der Waals surface area (Å²) in [5.74, 6) is -1.47. The van der Waals surface area contributed by atoms with E-state index in [1.54, 1.807) is 0 Å². The quantitative estimate of drug-likeness (QED) is 0.738. The van der Waals surface area contributed by atoms with Crippen LogP contribution in [0.4, 0.5) is 0 Å². The molecule has 1 aliphatic rings. The fraction of sp³-hybridized carbons (Fsp3) is 0.500. The van der Waals surface area contributed by atoms with Crippen molar-refractivity contribution in [1.82, 2.24) is 14.5 Å². The first-order valence-electron chi connectivity index (χ1n) is 6.31. The third-order valence-corrected chi connectivity index (χ3v) is 3.31. The molecule has 1 aliphatic heterocycles. The van der Waals surface area contributed by atoms with E-state index in [1.165, 1.54) is 11.1 Å². The average Bonchev–Trinajstić information content (AvgIpc) is 2.41. The molecule has 0 aromatic carbocycles. The van der Waals surface area contributed by atoms with Crippen LogP contribution in [0.3, 0.4) is 0 Å². The van der Waals surface area contributed by atoms with Gasteiger partial charge < -0.3 is 10.0 Å². The molecule has 1 amide bonds. The fourth-order valence-electron chi connectivity index (χ4n) is 2.29. The summed E-state index contributed by atoms with van der Waals surface area (Å²) in [6.07, 6.45) is 3.15. The number of aromatic amines is 1. The van der Waals surface area contributed by atoms with E-state index in [2.05, 4.69) is 0 Å². The number of nitrogens with one attached hydrogen (secondary N) is 1. The molecular weight excluding hydrogens is 266 g/mol. The number of hydrogen-bond acceptors (Lipinski definition) is 4. The van der Waals surface area contributed by atoms with Crippen molar-refractivity contribution in [2.45, 2.75) is 31.8 Å². The molecule has 2 rings (SSSR count). The molecule has 1 aromatic rings. The fourth-order valence-corrected chi connectivity index (χ4v) is 2.29. The zero-order valence-corrected chi connectivity index (χ0v) is 10.7. The molecule has 1 unspecified atom stereocenters. The minimum atomic E-state index is -1.04. The normalized spacial score (nSPS) is 18.8. The van der Waals surface area contributed by atoms with Gasteiger partial charge in [0, 0.05) is 18.8 Å². The molecule has 0 bridgehead atoms. The van der Waals surface area contributed by atoms with Gasteiger partial charge in [-0.3, -0.25) is 19.1 Å². The molecule has 1 aromatic heterocycles. The SMILES string of the molecule is O=C(O)C1CCCCN1C(=O)Cn1ccc(=O)[nH]c1=O. The molecule has 2 heterocycles. The third kappa shape index (κ3) is 2.95. The number of hydrogen-bond donors (Lipinski definition) is 2. The first kappa shape index (κ1) is 14.0. The van der Waals surface area contributed by atoms with Gasteiger partial charge in [0.2, 0.25) is 5.91 Å². The number of aromatic nitrogens is 2. The molecule has 0 aliphatic carbocycles. The average molecular weight is 281 g/mol. The van der Waals surface area contributed by atoms with Crippen molar-refractivity contribution >= 4 is 11.9 Å². The molecule has 2 N–H and O–H groups in total. The van der Waals surface area contributed by atoms with Crippen molar-refractivity contribution in [3.8, 4) is 0 Å². The van der Waals surface area contributed by atoms with Gasteiger partial charge in [-0.15, -0.1) is 0 Å². The number of carboxylic acids is 1. The van der Waals surface area contributed by atoms with Gasteiger partial charge >= 0.3 is 11.7 Å². The highest BCUT2D eigenvalue weighted by Gasteiger charge is 2.31. The second-order valence-corrected chi connectivity index (χ2v) is 4.67. The van der Waals surface area contributed by atoms with Crippen LogP contribution in [0, 0.1) is 0 Å². The molecule has 108 valence electrons. The predicted molar refractivity (Wildman–Crippen MR) is 68.3 cm³/mol. The number of aliphatic carboxylic acids is 1. The van der Waals surface area contributed by atoms with Gasteiger partial charge in [-0.2, -0.15) is 0 Å². The Hall–Kier alpha value is -2.38. The summed E-state index contributed by atoms with van der Waals surface area (Å²) < 4.78 is 1.05. The van der Waals surface area contributed by atoms with Crippen molar-refractivity contribution in [2.24, 2.45) is 0 Å². The maximum Gasteiger partial charge on any atom is 0.328 e. The van der Waals surface area contributed by atoms with Crippen LogP contribution < -0.4 is 11.2 Å². The Morgan fingerprint density at radius 3 is 2.75 bits per heavy atom. The summed E-state index contributed by atoms with van der Waals surface area (Å²) in [6, 6.07) is 0.300. The Balaban J connectivity index is 2.16. The number of carbonyl (C=O) groups excluding carboxylic acids is 1. The smallest absolute Gasteiger partial charge is 0.328 e. The van der Waals surface area contributed by atoms with Crippen LogP contribution in [0.15, 0.2) is 21.9 Å². The third-order valence-electron chi connectivity index (χ3n) is 3.31. The number of nitrogens with zero attached hydrogens (tertiary/aromatic N) is 2. The molecule has 1 fully saturated rings. The standard InChI is InChI=1S/C12H15N3O5/c16-9-4-6-14(12(20)13-9)7-10(17)15-5-2-1-3-8(15)11(18)19/h4,6,8H,1-3,5,7H2,(H,18,19)(H,13,16,20). The van der Waals surface area contributed by atoms with E-state index in [4.69, 9.17) is 5.11 Å². The molecule has 20 heavy (non-hydrogen) atoms. The lowest BCUT2D eigenvalue weighted by atomic mass is 10.0. The molecule has 0 spiro atoms. The second-order valence-electron chi connectivity index (χ2n) is 4.67. The molecular formula is C12H15N3O5. The highest BCUT2D eigenvalue weighted by atomic mass is 16.4. The Morgan fingerprint density at radius 2 is 2.10 bits per heavy atom.